The topological polar surface area (TPSA) is 119 Å². The van der Waals surface area contributed by atoms with Gasteiger partial charge < -0.3 is 10.1 Å². The fourth-order valence-electron chi connectivity index (χ4n) is 1.61. The molecule has 2 heterocycles. The van der Waals surface area contributed by atoms with Gasteiger partial charge in [0.2, 0.25) is 0 Å². The van der Waals surface area contributed by atoms with Crippen LogP contribution in [-0.4, -0.2) is 29.7 Å². The fraction of sp³-hybridized carbons (Fsp3) is 0. The second kappa shape index (κ2) is 3.98. The Hall–Kier alpha value is -3.10. The Balaban J connectivity index is 2.25. The highest BCUT2D eigenvalue weighted by Crippen LogP contribution is 2.13. The Morgan fingerprint density at radius 1 is 1.21 bits per heavy atom. The first-order valence-corrected chi connectivity index (χ1v) is 5.22. The number of hydrogen-bond acceptors (Lipinski definition) is 6. The molecule has 0 aliphatic heterocycles. The maximum atomic E-state index is 11.8. The molecule has 0 radical (unpaired) electrons. The Labute approximate surface area is 104 Å². The van der Waals surface area contributed by atoms with Crippen LogP contribution in [0.25, 0.3) is 17.2 Å². The summed E-state index contributed by atoms with van der Waals surface area (Å²) in [5.74, 6) is -0.484. The summed E-state index contributed by atoms with van der Waals surface area (Å²) in [7, 11) is 0. The smallest absolute Gasteiger partial charge is 0.358 e. The second-order valence-electron chi connectivity index (χ2n) is 3.66. The summed E-state index contributed by atoms with van der Waals surface area (Å²) in [6, 6.07) is 9.01. The zero-order valence-corrected chi connectivity index (χ0v) is 9.35. The molecule has 0 saturated carbocycles. The van der Waals surface area contributed by atoms with Gasteiger partial charge in [-0.2, -0.15) is 9.50 Å². The van der Waals surface area contributed by atoms with Crippen LogP contribution in [0, 0.1) is 10.1 Å². The average molecular weight is 258 g/mol. The van der Waals surface area contributed by atoms with E-state index in [1.807, 2.05) is 6.07 Å². The van der Waals surface area contributed by atoms with E-state index >= 15 is 0 Å². The van der Waals surface area contributed by atoms with Gasteiger partial charge in [-0.1, -0.05) is 30.3 Å². The summed E-state index contributed by atoms with van der Waals surface area (Å²) in [5.41, 5.74) is -0.167. The van der Waals surface area contributed by atoms with Gasteiger partial charge in [0.25, 0.3) is 5.78 Å². The van der Waals surface area contributed by atoms with Crippen LogP contribution in [0.15, 0.2) is 35.1 Å². The van der Waals surface area contributed by atoms with Crippen molar-refractivity contribution in [2.75, 3.05) is 0 Å². The lowest BCUT2D eigenvalue weighted by molar-refractivity contribution is -0.391. The van der Waals surface area contributed by atoms with E-state index in [4.69, 9.17) is 0 Å². The molecule has 0 amide bonds. The zero-order chi connectivity index (χ0) is 13.4. The van der Waals surface area contributed by atoms with Gasteiger partial charge >= 0.3 is 11.4 Å². The van der Waals surface area contributed by atoms with Crippen molar-refractivity contribution >= 4 is 11.6 Å². The number of nitro groups is 1. The SMILES string of the molecule is O=c1c([N+](=O)[O-])nnc2nc(-c3ccccc3)[nH]n12. The molecule has 0 aliphatic carbocycles. The Bertz CT molecular complexity index is 822. The van der Waals surface area contributed by atoms with Crippen molar-refractivity contribution in [1.82, 2.24) is 24.8 Å². The summed E-state index contributed by atoms with van der Waals surface area (Å²) >= 11 is 0. The van der Waals surface area contributed by atoms with Crippen molar-refractivity contribution in [2.45, 2.75) is 0 Å². The maximum Gasteiger partial charge on any atom is 0.458 e. The first-order chi connectivity index (χ1) is 9.16. The quantitative estimate of drug-likeness (QED) is 0.524. The summed E-state index contributed by atoms with van der Waals surface area (Å²) in [6.07, 6.45) is 0. The lowest BCUT2D eigenvalue weighted by atomic mass is 10.2. The molecule has 94 valence electrons. The largest absolute Gasteiger partial charge is 0.458 e. The first kappa shape index (κ1) is 11.0. The van der Waals surface area contributed by atoms with Gasteiger partial charge in [0.05, 0.1) is 5.10 Å². The van der Waals surface area contributed by atoms with Crippen LogP contribution in [0.4, 0.5) is 5.82 Å². The molecule has 0 bridgehead atoms. The highest BCUT2D eigenvalue weighted by atomic mass is 16.6. The predicted octanol–water partition coefficient (Wildman–Crippen LogP) is 0.388. The van der Waals surface area contributed by atoms with E-state index in [9.17, 15) is 14.9 Å². The van der Waals surface area contributed by atoms with E-state index in [-0.39, 0.29) is 5.78 Å². The van der Waals surface area contributed by atoms with Crippen LogP contribution in [0.5, 0.6) is 0 Å². The van der Waals surface area contributed by atoms with Gasteiger partial charge in [-0.25, -0.2) is 0 Å². The summed E-state index contributed by atoms with van der Waals surface area (Å²) < 4.78 is 0.896. The van der Waals surface area contributed by atoms with Crippen molar-refractivity contribution < 1.29 is 4.92 Å². The van der Waals surface area contributed by atoms with Crippen LogP contribution < -0.4 is 5.56 Å². The third-order valence-electron chi connectivity index (χ3n) is 2.48. The number of aromatic nitrogens is 5. The fourth-order valence-corrected chi connectivity index (χ4v) is 1.61. The lowest BCUT2D eigenvalue weighted by Crippen LogP contribution is -2.20. The number of rotatable bonds is 2. The zero-order valence-electron chi connectivity index (χ0n) is 9.35. The highest BCUT2D eigenvalue weighted by Gasteiger charge is 2.20. The number of H-pyrrole nitrogens is 1. The van der Waals surface area contributed by atoms with E-state index in [0.29, 0.717) is 5.82 Å². The Morgan fingerprint density at radius 2 is 1.95 bits per heavy atom. The minimum absolute atomic E-state index is 0.0190. The standard InChI is InChI=1S/C10H6N6O3/c17-9-8(16(18)19)12-13-10-11-7(14-15(9)10)6-4-2-1-3-5-6/h1-5H,(H,11,13,14). The second-order valence-corrected chi connectivity index (χ2v) is 3.66. The normalized spacial score (nSPS) is 10.7. The molecule has 9 heteroatoms. The molecule has 0 unspecified atom stereocenters. The van der Waals surface area contributed by atoms with Crippen molar-refractivity contribution in [2.24, 2.45) is 0 Å². The molecule has 0 saturated heterocycles. The molecular formula is C10H6N6O3. The van der Waals surface area contributed by atoms with Gasteiger partial charge in [0.15, 0.2) is 5.82 Å². The van der Waals surface area contributed by atoms with Crippen LogP contribution >= 0.6 is 0 Å². The third-order valence-corrected chi connectivity index (χ3v) is 2.48. The minimum Gasteiger partial charge on any atom is -0.358 e. The maximum absolute atomic E-state index is 11.8. The molecule has 3 rings (SSSR count). The van der Waals surface area contributed by atoms with E-state index in [2.05, 4.69) is 20.3 Å². The van der Waals surface area contributed by atoms with Crippen LogP contribution in [0.2, 0.25) is 0 Å². The first-order valence-electron chi connectivity index (χ1n) is 5.22. The molecule has 3 aromatic rings. The van der Waals surface area contributed by atoms with Crippen molar-refractivity contribution in [3.8, 4) is 11.4 Å². The third kappa shape index (κ3) is 1.73. The van der Waals surface area contributed by atoms with E-state index in [1.54, 1.807) is 24.3 Å². The molecule has 0 aliphatic rings. The number of aromatic amines is 1. The summed E-state index contributed by atoms with van der Waals surface area (Å²) in [6.45, 7) is 0. The highest BCUT2D eigenvalue weighted by molar-refractivity contribution is 5.56. The average Bonchev–Trinajstić information content (AvgIpc) is 2.85. The molecule has 1 aromatic carbocycles. The number of nitrogens with one attached hydrogen (secondary N) is 1. The van der Waals surface area contributed by atoms with Crippen LogP contribution in [0.1, 0.15) is 0 Å². The van der Waals surface area contributed by atoms with Crippen molar-refractivity contribution in [3.63, 3.8) is 0 Å². The molecule has 0 atom stereocenters. The number of nitrogens with zero attached hydrogens (tertiary/aromatic N) is 5. The monoisotopic (exact) mass is 258 g/mol. The number of benzene rings is 1. The Kier molecular flexibility index (Phi) is 2.31. The number of hydrogen-bond donors (Lipinski definition) is 1. The molecule has 1 N–H and O–H groups in total. The predicted molar refractivity (Wildman–Crippen MR) is 63.5 cm³/mol. The molecule has 0 fully saturated rings. The molecule has 2 aromatic heterocycles. The van der Waals surface area contributed by atoms with Crippen molar-refractivity contribution in [3.05, 3.63) is 50.8 Å². The summed E-state index contributed by atoms with van der Waals surface area (Å²) in [5, 5.41) is 20.0. The van der Waals surface area contributed by atoms with Gasteiger partial charge in [0.1, 0.15) is 0 Å². The molecule has 9 nitrogen and oxygen atoms in total. The van der Waals surface area contributed by atoms with Crippen LogP contribution in [-0.2, 0) is 0 Å². The Morgan fingerprint density at radius 3 is 2.63 bits per heavy atom. The lowest BCUT2D eigenvalue weighted by Gasteiger charge is -1.92. The number of fused-ring (bicyclic) bond motifs is 1. The van der Waals surface area contributed by atoms with E-state index < -0.39 is 16.3 Å². The van der Waals surface area contributed by atoms with Gasteiger partial charge in [-0.15, -0.1) is 0 Å². The molecule has 0 spiro atoms. The van der Waals surface area contributed by atoms with Crippen LogP contribution in [0.3, 0.4) is 0 Å². The van der Waals surface area contributed by atoms with Gasteiger partial charge in [-0.3, -0.25) is 9.89 Å². The molecule has 19 heavy (non-hydrogen) atoms. The molecular weight excluding hydrogens is 252 g/mol. The van der Waals surface area contributed by atoms with Gasteiger partial charge in [0, 0.05) is 10.7 Å². The minimum atomic E-state index is -0.898. The van der Waals surface area contributed by atoms with E-state index in [0.717, 1.165) is 10.1 Å². The van der Waals surface area contributed by atoms with Gasteiger partial charge in [-0.05, 0) is 4.92 Å². The summed E-state index contributed by atoms with van der Waals surface area (Å²) in [4.78, 5) is 25.5. The van der Waals surface area contributed by atoms with Crippen molar-refractivity contribution in [1.29, 1.82) is 0 Å². The van der Waals surface area contributed by atoms with E-state index in [1.165, 1.54) is 0 Å².